The molecule has 0 saturated heterocycles. The van der Waals surface area contributed by atoms with Crippen LogP contribution in [0.1, 0.15) is 73.0 Å². The number of benzene rings is 3. The van der Waals surface area contributed by atoms with Crippen LogP contribution in [0.3, 0.4) is 0 Å². The lowest BCUT2D eigenvalue weighted by atomic mass is 9.72. The van der Waals surface area contributed by atoms with E-state index in [4.69, 9.17) is 4.55 Å². The molecule has 0 heterocycles. The number of nitrogens with one attached hydrogen (secondary N) is 2. The molecule has 2 amide bonds. The van der Waals surface area contributed by atoms with Gasteiger partial charge in [-0.1, -0.05) is 63.2 Å². The van der Waals surface area contributed by atoms with Crippen molar-refractivity contribution < 1.29 is 40.5 Å². The maximum atomic E-state index is 13.7. The van der Waals surface area contributed by atoms with E-state index in [9.17, 15) is 31.2 Å². The van der Waals surface area contributed by atoms with Gasteiger partial charge in [-0.3, -0.25) is 14.1 Å². The van der Waals surface area contributed by atoms with Gasteiger partial charge in [-0.15, -0.1) is 13.2 Å². The first-order valence-electron chi connectivity index (χ1n) is 15.3. The number of halogens is 3. The normalized spacial score (nSPS) is 16.1. The molecular weight excluding hydrogens is 633 g/mol. The van der Waals surface area contributed by atoms with Crippen molar-refractivity contribution >= 4 is 33.2 Å². The van der Waals surface area contributed by atoms with Gasteiger partial charge < -0.3 is 15.4 Å². The quantitative estimate of drug-likeness (QED) is 0.183. The van der Waals surface area contributed by atoms with Crippen LogP contribution in [0.4, 0.5) is 18.9 Å². The van der Waals surface area contributed by atoms with E-state index in [0.717, 1.165) is 48.1 Å². The molecule has 0 saturated carbocycles. The third-order valence-electron chi connectivity index (χ3n) is 8.29. The highest BCUT2D eigenvalue weighted by Crippen LogP contribution is 2.40. The molecule has 0 radical (unpaired) electrons. The molecule has 47 heavy (non-hydrogen) atoms. The minimum atomic E-state index is -4.83. The van der Waals surface area contributed by atoms with Crippen molar-refractivity contribution in [3.63, 3.8) is 0 Å². The predicted octanol–water partition coefficient (Wildman–Crippen LogP) is 7.40. The van der Waals surface area contributed by atoms with Crippen LogP contribution < -0.4 is 15.4 Å². The van der Waals surface area contributed by atoms with Gasteiger partial charge in [0, 0.05) is 17.8 Å². The minimum absolute atomic E-state index is 0.239. The van der Waals surface area contributed by atoms with Crippen LogP contribution in [0.25, 0.3) is 5.57 Å². The first-order chi connectivity index (χ1) is 22.0. The first kappa shape index (κ1) is 35.7. The van der Waals surface area contributed by atoms with E-state index in [-0.39, 0.29) is 29.9 Å². The second-order valence-corrected chi connectivity index (χ2v) is 14.3. The Kier molecular flexibility index (Phi) is 11.2. The van der Waals surface area contributed by atoms with E-state index in [2.05, 4.69) is 42.2 Å². The van der Waals surface area contributed by atoms with Gasteiger partial charge in [0.15, 0.2) is 0 Å². The van der Waals surface area contributed by atoms with Crippen molar-refractivity contribution in [2.24, 2.45) is 11.3 Å². The lowest BCUT2D eigenvalue weighted by Gasteiger charge is -2.33. The van der Waals surface area contributed by atoms with Crippen molar-refractivity contribution in [1.29, 1.82) is 0 Å². The zero-order valence-corrected chi connectivity index (χ0v) is 27.2. The first-order valence-corrected chi connectivity index (χ1v) is 16.9. The average Bonchev–Trinajstić information content (AvgIpc) is 2.99. The SMILES string of the molecule is CC(C)(C)C1CC=C(c2ccc(C(Cc3ccc(C(=O)NCCS(=O)(=O)O)cc3)C(=O)Nc3ccc(OC(F)(F)F)cc3)cc2)CC1. The molecule has 1 aliphatic rings. The van der Waals surface area contributed by atoms with Crippen molar-refractivity contribution in [3.8, 4) is 5.75 Å². The summed E-state index contributed by atoms with van der Waals surface area (Å²) in [6.45, 7) is 6.53. The molecule has 12 heteroatoms. The molecule has 4 rings (SSSR count). The molecule has 3 aromatic carbocycles. The Balaban J connectivity index is 1.52. The molecule has 2 unspecified atom stereocenters. The second-order valence-electron chi connectivity index (χ2n) is 12.7. The Hall–Kier alpha value is -4.16. The molecule has 2 atom stereocenters. The Bertz CT molecular complexity index is 1680. The predicted molar refractivity (Wildman–Crippen MR) is 175 cm³/mol. The summed E-state index contributed by atoms with van der Waals surface area (Å²) in [5, 5.41) is 5.22. The van der Waals surface area contributed by atoms with E-state index in [1.54, 1.807) is 24.3 Å². The number of alkyl halides is 3. The molecular formula is C35H39F3N2O6S. The van der Waals surface area contributed by atoms with Gasteiger partial charge >= 0.3 is 6.36 Å². The highest BCUT2D eigenvalue weighted by atomic mass is 32.2. The zero-order valence-electron chi connectivity index (χ0n) is 26.4. The van der Waals surface area contributed by atoms with Crippen molar-refractivity contribution in [2.75, 3.05) is 17.6 Å². The van der Waals surface area contributed by atoms with Crippen molar-refractivity contribution in [2.45, 2.75) is 58.7 Å². The smallest absolute Gasteiger partial charge is 0.406 e. The highest BCUT2D eigenvalue weighted by molar-refractivity contribution is 7.85. The van der Waals surface area contributed by atoms with E-state index < -0.39 is 39.8 Å². The molecule has 0 fully saturated rings. The summed E-state index contributed by atoms with van der Waals surface area (Å²) in [6.07, 6.45) is 0.790. The van der Waals surface area contributed by atoms with Crippen molar-refractivity contribution in [1.82, 2.24) is 5.32 Å². The van der Waals surface area contributed by atoms with Crippen LogP contribution in [0.5, 0.6) is 5.75 Å². The summed E-state index contributed by atoms with van der Waals surface area (Å²) in [4.78, 5) is 26.1. The van der Waals surface area contributed by atoms with Crippen LogP contribution >= 0.6 is 0 Å². The van der Waals surface area contributed by atoms with Gasteiger partial charge in [-0.25, -0.2) is 0 Å². The maximum absolute atomic E-state index is 13.7. The fraction of sp³-hybridized carbons (Fsp3) is 0.371. The third kappa shape index (κ3) is 11.0. The fourth-order valence-electron chi connectivity index (χ4n) is 5.57. The molecule has 0 aromatic heterocycles. The van der Waals surface area contributed by atoms with E-state index >= 15 is 0 Å². The molecule has 3 N–H and O–H groups in total. The number of hydrogen-bond acceptors (Lipinski definition) is 5. The lowest BCUT2D eigenvalue weighted by molar-refractivity contribution is -0.274. The number of hydrogen-bond donors (Lipinski definition) is 3. The summed E-state index contributed by atoms with van der Waals surface area (Å²) in [6, 6.07) is 19.2. The Labute approximate surface area is 273 Å². The largest absolute Gasteiger partial charge is 0.573 e. The Morgan fingerprint density at radius 3 is 2.13 bits per heavy atom. The number of allylic oxidation sites excluding steroid dienone is 2. The summed E-state index contributed by atoms with van der Waals surface area (Å²) in [5.74, 6) is -1.99. The molecule has 3 aromatic rings. The summed E-state index contributed by atoms with van der Waals surface area (Å²) in [5.41, 5.74) is 4.63. The molecule has 0 bridgehead atoms. The average molecular weight is 673 g/mol. The second kappa shape index (κ2) is 14.7. The molecule has 0 aliphatic heterocycles. The number of carbonyl (C=O) groups is 2. The minimum Gasteiger partial charge on any atom is -0.406 e. The van der Waals surface area contributed by atoms with Gasteiger partial charge in [0.2, 0.25) is 5.91 Å². The summed E-state index contributed by atoms with van der Waals surface area (Å²) >= 11 is 0. The van der Waals surface area contributed by atoms with Gasteiger partial charge in [0.05, 0.1) is 11.7 Å². The van der Waals surface area contributed by atoms with Gasteiger partial charge in [0.25, 0.3) is 16.0 Å². The number of carbonyl (C=O) groups excluding carboxylic acids is 2. The van der Waals surface area contributed by atoms with Crippen LogP contribution in [-0.4, -0.2) is 43.4 Å². The number of rotatable bonds is 11. The third-order valence-corrected chi connectivity index (χ3v) is 9.01. The van der Waals surface area contributed by atoms with Crippen LogP contribution in [0, 0.1) is 11.3 Å². The zero-order chi connectivity index (χ0) is 34.4. The maximum Gasteiger partial charge on any atom is 0.573 e. The van der Waals surface area contributed by atoms with Gasteiger partial charge in [-0.2, -0.15) is 8.42 Å². The molecule has 8 nitrogen and oxygen atoms in total. The van der Waals surface area contributed by atoms with E-state index in [0.29, 0.717) is 11.6 Å². The number of anilines is 1. The summed E-state index contributed by atoms with van der Waals surface area (Å²) in [7, 11) is -4.21. The lowest BCUT2D eigenvalue weighted by Crippen LogP contribution is -2.28. The molecule has 252 valence electrons. The highest BCUT2D eigenvalue weighted by Gasteiger charge is 2.31. The van der Waals surface area contributed by atoms with Crippen LogP contribution in [0.2, 0.25) is 0 Å². The molecule has 0 spiro atoms. The Morgan fingerprint density at radius 1 is 0.957 bits per heavy atom. The fourth-order valence-corrected chi connectivity index (χ4v) is 5.93. The van der Waals surface area contributed by atoms with Gasteiger partial charge in [-0.05, 0) is 95.7 Å². The molecule has 1 aliphatic carbocycles. The summed E-state index contributed by atoms with van der Waals surface area (Å²) < 4.78 is 72.4. The monoisotopic (exact) mass is 672 g/mol. The van der Waals surface area contributed by atoms with E-state index in [1.165, 1.54) is 17.7 Å². The standard InChI is InChI=1S/C35H39F3N2O6S/c1-34(2,3)28-14-12-25(13-15-28)24-8-10-26(11-9-24)31(33(42)40-29-16-18-30(19-17-29)46-35(36,37)38)22-23-4-6-27(7-5-23)32(41)39-20-21-47(43,44)45/h4-12,16-19,28,31H,13-15,20-22H2,1-3H3,(H,39,41)(H,40,42)(H,43,44,45). The van der Waals surface area contributed by atoms with E-state index in [1.807, 2.05) is 24.3 Å². The topological polar surface area (TPSA) is 122 Å². The van der Waals surface area contributed by atoms with Crippen LogP contribution in [0.15, 0.2) is 78.9 Å². The van der Waals surface area contributed by atoms with Gasteiger partial charge in [0.1, 0.15) is 5.75 Å². The van der Waals surface area contributed by atoms with Crippen molar-refractivity contribution in [3.05, 3.63) is 101 Å². The Morgan fingerprint density at radius 2 is 1.60 bits per heavy atom. The number of amides is 2. The van der Waals surface area contributed by atoms with Crippen LogP contribution in [-0.2, 0) is 21.3 Å². The number of ether oxygens (including phenoxy) is 1.